The molecule has 0 fully saturated rings. The van der Waals surface area contributed by atoms with E-state index in [9.17, 15) is 13.2 Å². The predicted octanol–water partition coefficient (Wildman–Crippen LogP) is 1.21. The summed E-state index contributed by atoms with van der Waals surface area (Å²) in [7, 11) is -1.41. The van der Waals surface area contributed by atoms with Crippen LogP contribution in [0.25, 0.3) is 5.69 Å². The fourth-order valence-corrected chi connectivity index (χ4v) is 4.03. The summed E-state index contributed by atoms with van der Waals surface area (Å²) in [6.07, 6.45) is -0.131. The van der Waals surface area contributed by atoms with Gasteiger partial charge < -0.3 is 10.6 Å². The molecule has 0 atom stereocenters. The Kier molecular flexibility index (Phi) is 6.55. The highest BCUT2D eigenvalue weighted by molar-refractivity contribution is 7.91. The third-order valence-corrected chi connectivity index (χ3v) is 5.94. The largest absolute Gasteiger partial charge is 0.370 e. The fraction of sp³-hybridized carbons (Fsp3) is 0.444. The minimum atomic E-state index is -3.29. The van der Waals surface area contributed by atoms with Crippen molar-refractivity contribution in [2.45, 2.75) is 26.8 Å². The maximum absolute atomic E-state index is 12.0. The number of carbonyl (C=O) groups excluding carboxylic acids is 1. The first-order valence-corrected chi connectivity index (χ1v) is 10.3. The first kappa shape index (κ1) is 20.1. The maximum atomic E-state index is 12.0. The Morgan fingerprint density at radius 3 is 2.46 bits per heavy atom. The van der Waals surface area contributed by atoms with Crippen LogP contribution in [0.5, 0.6) is 0 Å². The molecular weight excluding hydrogens is 352 g/mol. The van der Waals surface area contributed by atoms with Crippen molar-refractivity contribution in [3.63, 3.8) is 0 Å². The number of sulfone groups is 1. The van der Waals surface area contributed by atoms with Crippen LogP contribution in [-0.2, 0) is 21.2 Å². The van der Waals surface area contributed by atoms with Crippen LogP contribution in [0.3, 0.4) is 0 Å². The number of primary amides is 1. The molecule has 7 nitrogen and oxygen atoms in total. The van der Waals surface area contributed by atoms with Gasteiger partial charge in [0.15, 0.2) is 9.84 Å². The van der Waals surface area contributed by atoms with Gasteiger partial charge in [-0.15, -0.1) is 0 Å². The molecule has 0 saturated heterocycles. The second kappa shape index (κ2) is 8.46. The molecule has 1 amide bonds. The van der Waals surface area contributed by atoms with Crippen molar-refractivity contribution < 1.29 is 13.2 Å². The number of nitrogens with two attached hydrogens (primary N) is 1. The fourth-order valence-electron chi connectivity index (χ4n) is 2.73. The first-order valence-electron chi connectivity index (χ1n) is 8.47. The van der Waals surface area contributed by atoms with Gasteiger partial charge in [0.25, 0.3) is 0 Å². The van der Waals surface area contributed by atoms with Crippen molar-refractivity contribution >= 4 is 15.7 Å². The number of carbonyl (C=O) groups is 1. The number of hydrogen-bond donors (Lipinski definition) is 1. The van der Waals surface area contributed by atoms with Crippen LogP contribution in [0.2, 0.25) is 0 Å². The Bertz CT molecular complexity index is 860. The molecule has 2 rings (SSSR count). The Hall–Kier alpha value is -2.19. The maximum Gasteiger partial charge on any atom is 0.218 e. The Labute approximate surface area is 154 Å². The van der Waals surface area contributed by atoms with Crippen LogP contribution in [0.1, 0.15) is 23.4 Å². The molecule has 2 N–H and O–H groups in total. The molecule has 0 saturated carbocycles. The van der Waals surface area contributed by atoms with E-state index >= 15 is 0 Å². The molecule has 1 heterocycles. The van der Waals surface area contributed by atoms with Crippen LogP contribution in [0, 0.1) is 13.8 Å². The predicted molar refractivity (Wildman–Crippen MR) is 102 cm³/mol. The molecule has 0 bridgehead atoms. The number of amides is 1. The number of aromatic nitrogens is 2. The van der Waals surface area contributed by atoms with Gasteiger partial charge in [-0.3, -0.25) is 4.79 Å². The van der Waals surface area contributed by atoms with Gasteiger partial charge in [-0.05, 0) is 33.0 Å². The van der Waals surface area contributed by atoms with Gasteiger partial charge in [0, 0.05) is 30.8 Å². The van der Waals surface area contributed by atoms with Crippen molar-refractivity contribution in [1.29, 1.82) is 0 Å². The summed E-state index contributed by atoms with van der Waals surface area (Å²) < 4.78 is 25.8. The number of hydrogen-bond acceptors (Lipinski definition) is 5. The standard InChI is InChI=1S/C18H26N4O3S/c1-14-17(15(2)22(20-14)16-7-5-4-6-8-16)13-21(3)10-12-26(24,25)11-9-18(19)23/h4-8H,9-13H2,1-3H3,(H2,19,23). The van der Waals surface area contributed by atoms with Gasteiger partial charge >= 0.3 is 0 Å². The highest BCUT2D eigenvalue weighted by Crippen LogP contribution is 2.19. The second-order valence-corrected chi connectivity index (χ2v) is 8.81. The lowest BCUT2D eigenvalue weighted by Crippen LogP contribution is -2.28. The van der Waals surface area contributed by atoms with Crippen molar-refractivity contribution in [3.8, 4) is 5.69 Å². The summed E-state index contributed by atoms with van der Waals surface area (Å²) in [5.74, 6) is -0.788. The van der Waals surface area contributed by atoms with Crippen LogP contribution in [0.4, 0.5) is 0 Å². The van der Waals surface area contributed by atoms with E-state index in [2.05, 4.69) is 5.10 Å². The minimum absolute atomic E-state index is 0.00168. The van der Waals surface area contributed by atoms with E-state index in [0.717, 1.165) is 22.6 Å². The lowest BCUT2D eigenvalue weighted by Gasteiger charge is -2.17. The van der Waals surface area contributed by atoms with Crippen molar-refractivity contribution in [2.24, 2.45) is 5.73 Å². The molecule has 0 aliphatic carbocycles. The lowest BCUT2D eigenvalue weighted by atomic mass is 10.2. The summed E-state index contributed by atoms with van der Waals surface area (Å²) in [6, 6.07) is 9.89. The zero-order valence-corrected chi connectivity index (χ0v) is 16.3. The SMILES string of the molecule is Cc1nn(-c2ccccc2)c(C)c1CN(C)CCS(=O)(=O)CCC(N)=O. The molecule has 2 aromatic rings. The van der Waals surface area contributed by atoms with E-state index in [-0.39, 0.29) is 17.9 Å². The monoisotopic (exact) mass is 378 g/mol. The number of benzene rings is 1. The van der Waals surface area contributed by atoms with Crippen LogP contribution in [0.15, 0.2) is 30.3 Å². The molecule has 0 aliphatic heterocycles. The van der Waals surface area contributed by atoms with Gasteiger partial charge in [0.2, 0.25) is 5.91 Å². The van der Waals surface area contributed by atoms with Crippen molar-refractivity contribution in [3.05, 3.63) is 47.3 Å². The first-order chi connectivity index (χ1) is 12.2. The molecule has 0 spiro atoms. The number of nitrogens with zero attached hydrogens (tertiary/aromatic N) is 3. The third-order valence-electron chi connectivity index (χ3n) is 4.31. The van der Waals surface area contributed by atoms with Crippen molar-refractivity contribution in [1.82, 2.24) is 14.7 Å². The van der Waals surface area contributed by atoms with E-state index in [1.807, 2.05) is 60.8 Å². The molecular formula is C18H26N4O3S. The molecule has 0 unspecified atom stereocenters. The van der Waals surface area contributed by atoms with Crippen LogP contribution < -0.4 is 5.73 Å². The highest BCUT2D eigenvalue weighted by atomic mass is 32.2. The summed E-state index contributed by atoms with van der Waals surface area (Å²) in [6.45, 7) is 4.96. The van der Waals surface area contributed by atoms with Crippen molar-refractivity contribution in [2.75, 3.05) is 25.1 Å². The summed E-state index contributed by atoms with van der Waals surface area (Å²) in [4.78, 5) is 12.7. The van der Waals surface area contributed by atoms with Gasteiger partial charge in [-0.2, -0.15) is 5.10 Å². The molecule has 0 aliphatic rings. The molecule has 1 aromatic heterocycles. The van der Waals surface area contributed by atoms with E-state index in [0.29, 0.717) is 13.1 Å². The van der Waals surface area contributed by atoms with Gasteiger partial charge in [0.1, 0.15) is 0 Å². The van der Waals surface area contributed by atoms with E-state index in [1.54, 1.807) is 0 Å². The molecule has 8 heteroatoms. The lowest BCUT2D eigenvalue weighted by molar-refractivity contribution is -0.117. The number of para-hydroxylation sites is 1. The van der Waals surface area contributed by atoms with Gasteiger partial charge in [-0.25, -0.2) is 13.1 Å². The molecule has 26 heavy (non-hydrogen) atoms. The second-order valence-electron chi connectivity index (χ2n) is 6.50. The number of rotatable bonds is 9. The van der Waals surface area contributed by atoms with Gasteiger partial charge in [-0.1, -0.05) is 18.2 Å². The average molecular weight is 378 g/mol. The minimum Gasteiger partial charge on any atom is -0.370 e. The topological polar surface area (TPSA) is 98.3 Å². The molecule has 0 radical (unpaired) electrons. The van der Waals surface area contributed by atoms with Gasteiger partial charge in [0.05, 0.1) is 22.9 Å². The third kappa shape index (κ3) is 5.40. The van der Waals surface area contributed by atoms with Crippen LogP contribution >= 0.6 is 0 Å². The number of aryl methyl sites for hydroxylation is 1. The Morgan fingerprint density at radius 2 is 1.85 bits per heavy atom. The smallest absolute Gasteiger partial charge is 0.218 e. The molecule has 1 aromatic carbocycles. The average Bonchev–Trinajstić information content (AvgIpc) is 2.87. The zero-order valence-electron chi connectivity index (χ0n) is 15.5. The highest BCUT2D eigenvalue weighted by Gasteiger charge is 2.17. The summed E-state index contributed by atoms with van der Waals surface area (Å²) in [5, 5.41) is 4.61. The van der Waals surface area contributed by atoms with E-state index < -0.39 is 15.7 Å². The zero-order chi connectivity index (χ0) is 19.3. The summed E-state index contributed by atoms with van der Waals surface area (Å²) >= 11 is 0. The molecule has 142 valence electrons. The van der Waals surface area contributed by atoms with E-state index in [1.165, 1.54) is 0 Å². The quantitative estimate of drug-likeness (QED) is 0.707. The van der Waals surface area contributed by atoms with E-state index in [4.69, 9.17) is 5.73 Å². The normalized spacial score (nSPS) is 11.8. The Morgan fingerprint density at radius 1 is 1.19 bits per heavy atom. The van der Waals surface area contributed by atoms with Crippen LogP contribution in [-0.4, -0.2) is 54.1 Å². The Balaban J connectivity index is 2.02. The summed E-state index contributed by atoms with van der Waals surface area (Å²) in [5.41, 5.74) is 9.07.